The van der Waals surface area contributed by atoms with E-state index in [0.29, 0.717) is 6.42 Å². The van der Waals surface area contributed by atoms with E-state index in [2.05, 4.69) is 0 Å². The van der Waals surface area contributed by atoms with Crippen LogP contribution >= 0.6 is 0 Å². The third kappa shape index (κ3) is 1.56. The molecule has 16 heavy (non-hydrogen) atoms. The second-order valence-corrected chi connectivity index (χ2v) is 3.76. The lowest BCUT2D eigenvalue weighted by Crippen LogP contribution is -2.42. The Kier molecular flexibility index (Phi) is 2.64. The van der Waals surface area contributed by atoms with E-state index in [4.69, 9.17) is 4.74 Å². The molecule has 1 aromatic rings. The highest BCUT2D eigenvalue weighted by Gasteiger charge is 2.37. The maximum atomic E-state index is 11.6. The van der Waals surface area contributed by atoms with E-state index in [1.165, 1.54) is 18.9 Å². The smallest absolute Gasteiger partial charge is 0.329 e. The molecule has 0 saturated carbocycles. The molecule has 1 amide bonds. The van der Waals surface area contributed by atoms with Crippen LogP contribution in [-0.2, 0) is 20.7 Å². The number of benzene rings is 1. The number of hydrogen-bond donors (Lipinski definition) is 0. The number of ether oxygens (including phenoxy) is 1. The minimum absolute atomic E-state index is 0.139. The molecule has 4 heteroatoms. The van der Waals surface area contributed by atoms with Gasteiger partial charge in [-0.15, -0.1) is 0 Å². The molecule has 0 bridgehead atoms. The Hall–Kier alpha value is -1.84. The lowest BCUT2D eigenvalue weighted by Gasteiger charge is -2.21. The summed E-state index contributed by atoms with van der Waals surface area (Å²) in [6, 6.07) is 7.01. The van der Waals surface area contributed by atoms with Gasteiger partial charge in [0, 0.05) is 19.0 Å². The zero-order valence-electron chi connectivity index (χ0n) is 9.27. The lowest BCUT2D eigenvalue weighted by molar-refractivity contribution is -0.143. The Labute approximate surface area is 93.8 Å². The predicted octanol–water partition coefficient (Wildman–Crippen LogP) is 1.14. The largest absolute Gasteiger partial charge is 0.467 e. The quantitative estimate of drug-likeness (QED) is 0.665. The van der Waals surface area contributed by atoms with Gasteiger partial charge in [0.1, 0.15) is 6.04 Å². The highest BCUT2D eigenvalue weighted by atomic mass is 16.5. The molecule has 1 atom stereocenters. The van der Waals surface area contributed by atoms with Crippen molar-refractivity contribution in [1.82, 2.24) is 0 Å². The summed E-state index contributed by atoms with van der Waals surface area (Å²) in [7, 11) is 1.34. The van der Waals surface area contributed by atoms with Crippen LogP contribution in [0.1, 0.15) is 12.5 Å². The van der Waals surface area contributed by atoms with E-state index >= 15 is 0 Å². The van der Waals surface area contributed by atoms with Crippen LogP contribution < -0.4 is 4.90 Å². The number of anilines is 1. The van der Waals surface area contributed by atoms with Gasteiger partial charge in [-0.25, -0.2) is 4.79 Å². The molecule has 0 saturated heterocycles. The van der Waals surface area contributed by atoms with Crippen molar-refractivity contribution in [2.45, 2.75) is 19.4 Å². The maximum Gasteiger partial charge on any atom is 0.329 e. The van der Waals surface area contributed by atoms with Gasteiger partial charge < -0.3 is 4.74 Å². The number of nitrogens with zero attached hydrogens (tertiary/aromatic N) is 1. The summed E-state index contributed by atoms with van der Waals surface area (Å²) in [6.07, 6.45) is 0.530. The number of carbonyl (C=O) groups excluding carboxylic acids is 2. The second kappa shape index (κ2) is 3.96. The molecule has 0 unspecified atom stereocenters. The Bertz CT molecular complexity index is 442. The molecule has 84 valence electrons. The first-order valence-electron chi connectivity index (χ1n) is 5.10. The third-order valence-corrected chi connectivity index (χ3v) is 2.79. The number of rotatable bonds is 1. The van der Waals surface area contributed by atoms with Gasteiger partial charge >= 0.3 is 5.97 Å². The number of para-hydroxylation sites is 1. The molecule has 1 aliphatic heterocycles. The van der Waals surface area contributed by atoms with Crippen LogP contribution in [0.15, 0.2) is 24.3 Å². The monoisotopic (exact) mass is 219 g/mol. The summed E-state index contributed by atoms with van der Waals surface area (Å²) in [6.45, 7) is 1.46. The normalized spacial score (nSPS) is 18.1. The third-order valence-electron chi connectivity index (χ3n) is 2.79. The minimum Gasteiger partial charge on any atom is -0.467 e. The van der Waals surface area contributed by atoms with E-state index in [-0.39, 0.29) is 11.9 Å². The summed E-state index contributed by atoms with van der Waals surface area (Å²) < 4.78 is 4.71. The van der Waals surface area contributed by atoms with Crippen LogP contribution in [-0.4, -0.2) is 25.0 Å². The number of fused-ring (bicyclic) bond motifs is 1. The molecule has 0 N–H and O–H groups in total. The SMILES string of the molecule is COC(=O)[C@H]1Cc2ccccc2N1C(C)=O. The van der Waals surface area contributed by atoms with Gasteiger partial charge in [-0.05, 0) is 11.6 Å². The van der Waals surface area contributed by atoms with Gasteiger partial charge in [0.2, 0.25) is 5.91 Å². The number of methoxy groups -OCH3 is 1. The lowest BCUT2D eigenvalue weighted by atomic mass is 10.1. The Morgan fingerprint density at radius 3 is 2.69 bits per heavy atom. The van der Waals surface area contributed by atoms with Crippen LogP contribution in [0.3, 0.4) is 0 Å². The van der Waals surface area contributed by atoms with E-state index in [1.807, 2.05) is 24.3 Å². The van der Waals surface area contributed by atoms with Crippen LogP contribution in [0.5, 0.6) is 0 Å². The summed E-state index contributed by atoms with van der Waals surface area (Å²) in [5, 5.41) is 0. The topological polar surface area (TPSA) is 46.6 Å². The fourth-order valence-electron chi connectivity index (χ4n) is 2.10. The average Bonchev–Trinajstić information content (AvgIpc) is 2.67. The molecular formula is C12H13NO3. The molecule has 0 radical (unpaired) electrons. The average molecular weight is 219 g/mol. The minimum atomic E-state index is -0.514. The molecular weight excluding hydrogens is 206 g/mol. The zero-order valence-corrected chi connectivity index (χ0v) is 9.27. The molecule has 0 fully saturated rings. The Balaban J connectivity index is 2.41. The summed E-state index contributed by atoms with van der Waals surface area (Å²) in [5.74, 6) is -0.508. The van der Waals surface area contributed by atoms with Crippen LogP contribution in [0, 0.1) is 0 Å². The highest BCUT2D eigenvalue weighted by molar-refractivity contribution is 6.01. The summed E-state index contributed by atoms with van der Waals surface area (Å²) in [4.78, 5) is 24.6. The van der Waals surface area contributed by atoms with Crippen molar-refractivity contribution in [1.29, 1.82) is 0 Å². The van der Waals surface area contributed by atoms with Crippen LogP contribution in [0.2, 0.25) is 0 Å². The predicted molar refractivity (Wildman–Crippen MR) is 59.1 cm³/mol. The fraction of sp³-hybridized carbons (Fsp3) is 0.333. The molecule has 1 heterocycles. The van der Waals surface area contributed by atoms with E-state index in [9.17, 15) is 9.59 Å². The number of amides is 1. The van der Waals surface area contributed by atoms with Crippen molar-refractivity contribution in [3.8, 4) is 0 Å². The number of esters is 1. The van der Waals surface area contributed by atoms with Crippen LogP contribution in [0.4, 0.5) is 5.69 Å². The highest BCUT2D eigenvalue weighted by Crippen LogP contribution is 2.32. The molecule has 4 nitrogen and oxygen atoms in total. The summed E-state index contributed by atoms with van der Waals surface area (Å²) >= 11 is 0. The standard InChI is InChI=1S/C12H13NO3/c1-8(14)13-10-6-4-3-5-9(10)7-11(13)12(15)16-2/h3-6,11H,7H2,1-2H3/t11-/m1/s1. The van der Waals surface area contributed by atoms with E-state index < -0.39 is 6.04 Å². The molecule has 0 aliphatic carbocycles. The Morgan fingerprint density at radius 2 is 2.06 bits per heavy atom. The van der Waals surface area contributed by atoms with E-state index in [1.54, 1.807) is 0 Å². The first-order chi connectivity index (χ1) is 7.65. The molecule has 1 aromatic carbocycles. The van der Waals surface area contributed by atoms with Gasteiger partial charge in [0.25, 0.3) is 0 Å². The Morgan fingerprint density at radius 1 is 1.38 bits per heavy atom. The van der Waals surface area contributed by atoms with E-state index in [0.717, 1.165) is 11.3 Å². The summed E-state index contributed by atoms with van der Waals surface area (Å²) in [5.41, 5.74) is 1.82. The first kappa shape index (κ1) is 10.7. The van der Waals surface area contributed by atoms with Crippen molar-refractivity contribution in [3.05, 3.63) is 29.8 Å². The van der Waals surface area contributed by atoms with Gasteiger partial charge in [0.15, 0.2) is 0 Å². The molecule has 0 aromatic heterocycles. The second-order valence-electron chi connectivity index (χ2n) is 3.76. The fourth-order valence-corrected chi connectivity index (χ4v) is 2.10. The molecule has 1 aliphatic rings. The van der Waals surface area contributed by atoms with Gasteiger partial charge in [-0.2, -0.15) is 0 Å². The first-order valence-corrected chi connectivity index (χ1v) is 5.10. The van der Waals surface area contributed by atoms with Gasteiger partial charge in [-0.3, -0.25) is 9.69 Å². The molecule has 2 rings (SSSR count). The van der Waals surface area contributed by atoms with Crippen LogP contribution in [0.25, 0.3) is 0 Å². The number of carbonyl (C=O) groups is 2. The maximum absolute atomic E-state index is 11.6. The van der Waals surface area contributed by atoms with Gasteiger partial charge in [0.05, 0.1) is 7.11 Å². The zero-order chi connectivity index (χ0) is 11.7. The van der Waals surface area contributed by atoms with Crippen molar-refractivity contribution >= 4 is 17.6 Å². The van der Waals surface area contributed by atoms with Crippen molar-refractivity contribution < 1.29 is 14.3 Å². The van der Waals surface area contributed by atoms with Gasteiger partial charge in [-0.1, -0.05) is 18.2 Å². The van der Waals surface area contributed by atoms with Crippen molar-refractivity contribution in [2.24, 2.45) is 0 Å². The van der Waals surface area contributed by atoms with Crippen molar-refractivity contribution in [3.63, 3.8) is 0 Å². The molecule has 0 spiro atoms. The number of hydrogen-bond acceptors (Lipinski definition) is 3. The van der Waals surface area contributed by atoms with Crippen molar-refractivity contribution in [2.75, 3.05) is 12.0 Å².